The van der Waals surface area contributed by atoms with Crippen LogP contribution in [0.5, 0.6) is 5.75 Å². The second-order valence-electron chi connectivity index (χ2n) is 3.66. The Labute approximate surface area is 110 Å². The van der Waals surface area contributed by atoms with Gasteiger partial charge in [0.1, 0.15) is 5.75 Å². The predicted octanol–water partition coefficient (Wildman–Crippen LogP) is 4.28. The van der Waals surface area contributed by atoms with Gasteiger partial charge in [-0.25, -0.2) is 0 Å². The predicted molar refractivity (Wildman–Crippen MR) is 75.9 cm³/mol. The fourth-order valence-corrected chi connectivity index (χ4v) is 2.38. The fourth-order valence-electron chi connectivity index (χ4n) is 1.70. The highest BCUT2D eigenvalue weighted by atomic mass is 127. The maximum Gasteiger partial charge on any atom is 0.119 e. The average molecular weight is 324 g/mol. The number of ether oxygens (including phenoxy) is 1. The Balaban J connectivity index is 2.59. The van der Waals surface area contributed by atoms with Crippen LogP contribution in [-0.2, 0) is 0 Å². The second-order valence-corrected chi connectivity index (χ2v) is 4.82. The van der Waals surface area contributed by atoms with Crippen molar-refractivity contribution in [2.75, 3.05) is 7.11 Å². The molecule has 2 aromatic carbocycles. The van der Waals surface area contributed by atoms with Gasteiger partial charge in [0.2, 0.25) is 0 Å². The summed E-state index contributed by atoms with van der Waals surface area (Å²) in [5, 5.41) is 0. The summed E-state index contributed by atoms with van der Waals surface area (Å²) in [6, 6.07) is 14.6. The summed E-state index contributed by atoms with van der Waals surface area (Å²) in [4.78, 5) is 0. The van der Waals surface area contributed by atoms with Crippen LogP contribution in [0.2, 0.25) is 0 Å². The van der Waals surface area contributed by atoms with Gasteiger partial charge in [-0.05, 0) is 64.4 Å². The molecule has 82 valence electrons. The summed E-state index contributed by atoms with van der Waals surface area (Å²) in [6.45, 7) is 2.12. The van der Waals surface area contributed by atoms with Gasteiger partial charge in [-0.2, -0.15) is 0 Å². The summed E-state index contributed by atoms with van der Waals surface area (Å²) >= 11 is 2.36. The van der Waals surface area contributed by atoms with Gasteiger partial charge >= 0.3 is 0 Å². The van der Waals surface area contributed by atoms with Gasteiger partial charge in [0.25, 0.3) is 0 Å². The number of rotatable bonds is 2. The van der Waals surface area contributed by atoms with Crippen LogP contribution in [0.25, 0.3) is 11.1 Å². The lowest BCUT2D eigenvalue weighted by molar-refractivity contribution is 0.415. The van der Waals surface area contributed by atoms with E-state index >= 15 is 0 Å². The highest BCUT2D eigenvalue weighted by molar-refractivity contribution is 14.1. The molecule has 0 aliphatic carbocycles. The van der Waals surface area contributed by atoms with Crippen LogP contribution in [0.4, 0.5) is 0 Å². The number of hydrogen-bond donors (Lipinski definition) is 0. The number of benzene rings is 2. The zero-order chi connectivity index (χ0) is 11.5. The maximum absolute atomic E-state index is 5.27. The summed E-state index contributed by atoms with van der Waals surface area (Å²) in [6.07, 6.45) is 0. The lowest BCUT2D eigenvalue weighted by Crippen LogP contribution is -1.89. The largest absolute Gasteiger partial charge is 0.497 e. The van der Waals surface area contributed by atoms with E-state index in [2.05, 4.69) is 65.9 Å². The van der Waals surface area contributed by atoms with Crippen molar-refractivity contribution in [1.82, 2.24) is 0 Å². The van der Waals surface area contributed by atoms with E-state index in [0.29, 0.717) is 0 Å². The molecular formula is C14H13IO. The SMILES string of the molecule is COc1ccc(C)c(-c2ccccc2I)c1. The van der Waals surface area contributed by atoms with E-state index in [-0.39, 0.29) is 0 Å². The van der Waals surface area contributed by atoms with Crippen molar-refractivity contribution in [2.45, 2.75) is 6.92 Å². The lowest BCUT2D eigenvalue weighted by Gasteiger charge is -2.10. The summed E-state index contributed by atoms with van der Waals surface area (Å²) in [5.74, 6) is 0.903. The summed E-state index contributed by atoms with van der Waals surface area (Å²) in [7, 11) is 1.70. The number of aryl methyl sites for hydroxylation is 1. The first-order valence-electron chi connectivity index (χ1n) is 5.12. The van der Waals surface area contributed by atoms with Gasteiger partial charge in [-0.3, -0.25) is 0 Å². The molecule has 2 rings (SSSR count). The van der Waals surface area contributed by atoms with Crippen LogP contribution in [0.3, 0.4) is 0 Å². The van der Waals surface area contributed by atoms with E-state index in [9.17, 15) is 0 Å². The van der Waals surface area contributed by atoms with Gasteiger partial charge in [0.05, 0.1) is 7.11 Å². The van der Waals surface area contributed by atoms with Crippen LogP contribution in [0, 0.1) is 10.5 Å². The van der Waals surface area contributed by atoms with Crippen molar-refractivity contribution in [3.8, 4) is 16.9 Å². The zero-order valence-electron chi connectivity index (χ0n) is 9.33. The molecule has 0 N–H and O–H groups in total. The van der Waals surface area contributed by atoms with E-state index in [1.807, 2.05) is 6.07 Å². The fraction of sp³-hybridized carbons (Fsp3) is 0.143. The first-order valence-corrected chi connectivity index (χ1v) is 6.20. The van der Waals surface area contributed by atoms with Crippen LogP contribution in [0.15, 0.2) is 42.5 Å². The van der Waals surface area contributed by atoms with Gasteiger partial charge in [-0.15, -0.1) is 0 Å². The summed E-state index contributed by atoms with van der Waals surface area (Å²) in [5.41, 5.74) is 3.77. The van der Waals surface area contributed by atoms with Crippen molar-refractivity contribution in [3.63, 3.8) is 0 Å². The molecule has 0 amide bonds. The van der Waals surface area contributed by atoms with Crippen LogP contribution in [0.1, 0.15) is 5.56 Å². The number of hydrogen-bond acceptors (Lipinski definition) is 1. The van der Waals surface area contributed by atoms with E-state index in [1.54, 1.807) is 7.11 Å². The third-order valence-electron chi connectivity index (χ3n) is 2.61. The van der Waals surface area contributed by atoms with Gasteiger partial charge < -0.3 is 4.74 Å². The minimum atomic E-state index is 0.903. The van der Waals surface area contributed by atoms with E-state index in [0.717, 1.165) is 5.75 Å². The number of methoxy groups -OCH3 is 1. The lowest BCUT2D eigenvalue weighted by atomic mass is 10.0. The molecule has 16 heavy (non-hydrogen) atoms. The zero-order valence-corrected chi connectivity index (χ0v) is 11.5. The molecule has 0 aliphatic rings. The smallest absolute Gasteiger partial charge is 0.119 e. The second kappa shape index (κ2) is 4.87. The molecule has 0 radical (unpaired) electrons. The molecule has 0 unspecified atom stereocenters. The Kier molecular flexibility index (Phi) is 3.49. The van der Waals surface area contributed by atoms with E-state index in [4.69, 9.17) is 4.74 Å². The number of halogens is 1. The molecule has 0 saturated heterocycles. The molecule has 0 atom stereocenters. The normalized spacial score (nSPS) is 10.2. The first kappa shape index (κ1) is 11.5. The molecule has 0 aromatic heterocycles. The Morgan fingerprint density at radius 1 is 1.00 bits per heavy atom. The van der Waals surface area contributed by atoms with Crippen LogP contribution in [-0.4, -0.2) is 7.11 Å². The first-order chi connectivity index (χ1) is 7.72. The Bertz CT molecular complexity index is 506. The topological polar surface area (TPSA) is 9.23 Å². The molecular weight excluding hydrogens is 311 g/mol. The molecule has 0 heterocycles. The molecule has 0 bridgehead atoms. The average Bonchev–Trinajstić information content (AvgIpc) is 2.31. The van der Waals surface area contributed by atoms with Gasteiger partial charge in [0.15, 0.2) is 0 Å². The summed E-state index contributed by atoms with van der Waals surface area (Å²) < 4.78 is 6.53. The molecule has 0 fully saturated rings. The highest BCUT2D eigenvalue weighted by Gasteiger charge is 2.06. The third-order valence-corrected chi connectivity index (χ3v) is 3.55. The quantitative estimate of drug-likeness (QED) is 0.750. The monoisotopic (exact) mass is 324 g/mol. The van der Waals surface area contributed by atoms with Crippen LogP contribution >= 0.6 is 22.6 Å². The van der Waals surface area contributed by atoms with Crippen molar-refractivity contribution < 1.29 is 4.74 Å². The minimum Gasteiger partial charge on any atom is -0.497 e. The van der Waals surface area contributed by atoms with Gasteiger partial charge in [-0.1, -0.05) is 24.3 Å². The van der Waals surface area contributed by atoms with Gasteiger partial charge in [0, 0.05) is 3.57 Å². The molecule has 0 saturated carbocycles. The van der Waals surface area contributed by atoms with Crippen molar-refractivity contribution in [3.05, 3.63) is 51.6 Å². The molecule has 2 heteroatoms. The minimum absolute atomic E-state index is 0.903. The van der Waals surface area contributed by atoms with E-state index in [1.165, 1.54) is 20.3 Å². The third kappa shape index (κ3) is 2.21. The van der Waals surface area contributed by atoms with E-state index < -0.39 is 0 Å². The van der Waals surface area contributed by atoms with Crippen molar-refractivity contribution in [2.24, 2.45) is 0 Å². The Morgan fingerprint density at radius 3 is 2.44 bits per heavy atom. The molecule has 1 nitrogen and oxygen atoms in total. The highest BCUT2D eigenvalue weighted by Crippen LogP contribution is 2.30. The Morgan fingerprint density at radius 2 is 1.75 bits per heavy atom. The maximum atomic E-state index is 5.27. The Hall–Kier alpha value is -1.03. The van der Waals surface area contributed by atoms with Crippen molar-refractivity contribution in [1.29, 1.82) is 0 Å². The standard InChI is InChI=1S/C14H13IO/c1-10-7-8-11(16-2)9-13(10)12-5-3-4-6-14(12)15/h3-9H,1-2H3. The molecule has 2 aromatic rings. The van der Waals surface area contributed by atoms with Crippen LogP contribution < -0.4 is 4.74 Å². The molecule has 0 spiro atoms. The van der Waals surface area contributed by atoms with Crippen molar-refractivity contribution >= 4 is 22.6 Å². The molecule has 0 aliphatic heterocycles.